The van der Waals surface area contributed by atoms with Gasteiger partial charge in [0, 0.05) is 32.0 Å². The summed E-state index contributed by atoms with van der Waals surface area (Å²) in [6, 6.07) is 5.50. The van der Waals surface area contributed by atoms with E-state index < -0.39 is 5.91 Å². The number of nitrogens with two attached hydrogens (primary N) is 1. The van der Waals surface area contributed by atoms with Crippen molar-refractivity contribution in [2.45, 2.75) is 24.9 Å². The SMILES string of the molecule is CO[C@@]1(c2cccc(C(N)=O)n2)[C@@H]2CCC[C@H]1CN(C)C2. The Labute approximate surface area is 125 Å². The van der Waals surface area contributed by atoms with Crippen LogP contribution in [0.1, 0.15) is 35.4 Å². The number of piperidine rings is 1. The highest BCUT2D eigenvalue weighted by molar-refractivity contribution is 5.90. The highest BCUT2D eigenvalue weighted by atomic mass is 16.5. The number of hydrogen-bond donors (Lipinski definition) is 1. The van der Waals surface area contributed by atoms with E-state index in [4.69, 9.17) is 10.5 Å². The summed E-state index contributed by atoms with van der Waals surface area (Å²) in [6.07, 6.45) is 3.51. The van der Waals surface area contributed by atoms with Crippen molar-refractivity contribution in [2.75, 3.05) is 27.2 Å². The lowest BCUT2D eigenvalue weighted by Crippen LogP contribution is -2.58. The number of pyridine rings is 1. The highest BCUT2D eigenvalue weighted by Crippen LogP contribution is 2.50. The van der Waals surface area contributed by atoms with Crippen molar-refractivity contribution in [3.63, 3.8) is 0 Å². The van der Waals surface area contributed by atoms with Crippen LogP contribution in [-0.2, 0) is 10.3 Å². The van der Waals surface area contributed by atoms with Crippen molar-refractivity contribution in [3.05, 3.63) is 29.6 Å². The number of hydrogen-bond acceptors (Lipinski definition) is 4. The van der Waals surface area contributed by atoms with Gasteiger partial charge in [0.15, 0.2) is 0 Å². The molecule has 2 aliphatic rings. The highest BCUT2D eigenvalue weighted by Gasteiger charge is 2.53. The fourth-order valence-corrected chi connectivity index (χ4v) is 4.30. The molecule has 5 heteroatoms. The van der Waals surface area contributed by atoms with Crippen LogP contribution < -0.4 is 5.73 Å². The number of methoxy groups -OCH3 is 1. The molecule has 0 radical (unpaired) electrons. The van der Waals surface area contributed by atoms with E-state index in [0.717, 1.165) is 31.6 Å². The van der Waals surface area contributed by atoms with E-state index in [-0.39, 0.29) is 5.60 Å². The maximum Gasteiger partial charge on any atom is 0.267 e. The van der Waals surface area contributed by atoms with Gasteiger partial charge in [0.05, 0.1) is 5.69 Å². The predicted octanol–water partition coefficient (Wildman–Crippen LogP) is 1.38. The first-order valence-electron chi connectivity index (χ1n) is 7.59. The molecular formula is C16H23N3O2. The Balaban J connectivity index is 2.07. The van der Waals surface area contributed by atoms with Gasteiger partial charge in [0.25, 0.3) is 5.91 Å². The minimum atomic E-state index is -0.485. The minimum Gasteiger partial charge on any atom is -0.371 e. The quantitative estimate of drug-likeness (QED) is 0.913. The molecule has 1 aliphatic heterocycles. The van der Waals surface area contributed by atoms with E-state index in [1.807, 2.05) is 12.1 Å². The Kier molecular flexibility index (Phi) is 3.71. The number of amides is 1. The summed E-state index contributed by atoms with van der Waals surface area (Å²) in [5.41, 5.74) is 6.19. The van der Waals surface area contributed by atoms with Gasteiger partial charge >= 0.3 is 0 Å². The summed E-state index contributed by atoms with van der Waals surface area (Å²) in [6.45, 7) is 2.01. The molecule has 114 valence electrons. The molecule has 1 saturated heterocycles. The second-order valence-corrected chi connectivity index (χ2v) is 6.32. The molecule has 1 amide bonds. The topological polar surface area (TPSA) is 68.5 Å². The van der Waals surface area contributed by atoms with Crippen LogP contribution in [0.15, 0.2) is 18.2 Å². The zero-order valence-corrected chi connectivity index (χ0v) is 12.7. The molecule has 1 aromatic rings. The number of primary amides is 1. The van der Waals surface area contributed by atoms with Crippen molar-refractivity contribution < 1.29 is 9.53 Å². The van der Waals surface area contributed by atoms with E-state index in [1.54, 1.807) is 13.2 Å². The van der Waals surface area contributed by atoms with Gasteiger partial charge in [-0.3, -0.25) is 4.79 Å². The number of carbonyl (C=O) groups is 1. The summed E-state index contributed by atoms with van der Waals surface area (Å²) in [5.74, 6) is 0.340. The van der Waals surface area contributed by atoms with Gasteiger partial charge in [-0.25, -0.2) is 4.98 Å². The average molecular weight is 289 g/mol. The van der Waals surface area contributed by atoms with Crippen molar-refractivity contribution in [2.24, 2.45) is 17.6 Å². The lowest BCUT2D eigenvalue weighted by Gasteiger charge is -2.54. The third-order valence-electron chi connectivity index (χ3n) is 5.12. The third kappa shape index (κ3) is 2.24. The standard InChI is InChI=1S/C16H23N3O2/c1-19-9-11-5-3-6-12(10-19)16(11,21-2)14-8-4-7-13(18-14)15(17)20/h4,7-8,11-12H,3,5-6,9-10H2,1-2H3,(H2,17,20)/t11-,12+,16+. The number of aromatic nitrogens is 1. The van der Waals surface area contributed by atoms with E-state index in [2.05, 4.69) is 16.9 Å². The molecule has 5 nitrogen and oxygen atoms in total. The van der Waals surface area contributed by atoms with Gasteiger partial charge in [-0.15, -0.1) is 0 Å². The Hall–Kier alpha value is -1.46. The molecule has 2 fully saturated rings. The van der Waals surface area contributed by atoms with Crippen molar-refractivity contribution in [3.8, 4) is 0 Å². The summed E-state index contributed by atoms with van der Waals surface area (Å²) in [4.78, 5) is 18.3. The summed E-state index contributed by atoms with van der Waals surface area (Å²) < 4.78 is 6.07. The molecule has 21 heavy (non-hydrogen) atoms. The third-order valence-corrected chi connectivity index (χ3v) is 5.12. The van der Waals surface area contributed by atoms with Crippen molar-refractivity contribution in [1.29, 1.82) is 0 Å². The molecule has 1 saturated carbocycles. The average Bonchev–Trinajstić information content (AvgIpc) is 2.46. The molecule has 0 unspecified atom stereocenters. The Morgan fingerprint density at radius 2 is 2.05 bits per heavy atom. The number of carbonyl (C=O) groups excluding carboxylic acids is 1. The van der Waals surface area contributed by atoms with Gasteiger partial charge in [-0.2, -0.15) is 0 Å². The zero-order valence-electron chi connectivity index (χ0n) is 12.7. The summed E-state index contributed by atoms with van der Waals surface area (Å²) in [5, 5.41) is 0. The van der Waals surface area contributed by atoms with E-state index in [0.29, 0.717) is 17.5 Å². The van der Waals surface area contributed by atoms with E-state index in [9.17, 15) is 4.79 Å². The van der Waals surface area contributed by atoms with Crippen LogP contribution in [0, 0.1) is 11.8 Å². The van der Waals surface area contributed by atoms with Crippen LogP contribution in [-0.4, -0.2) is 43.0 Å². The Bertz CT molecular complexity index is 532. The van der Waals surface area contributed by atoms with Gasteiger partial charge in [-0.05, 0) is 32.0 Å². The van der Waals surface area contributed by atoms with Crippen molar-refractivity contribution in [1.82, 2.24) is 9.88 Å². The Morgan fingerprint density at radius 1 is 1.38 bits per heavy atom. The molecule has 2 bridgehead atoms. The maximum atomic E-state index is 11.4. The normalized spacial score (nSPS) is 32.9. The molecule has 0 spiro atoms. The first-order chi connectivity index (χ1) is 10.1. The van der Waals surface area contributed by atoms with Crippen molar-refractivity contribution >= 4 is 5.91 Å². The largest absolute Gasteiger partial charge is 0.371 e. The van der Waals surface area contributed by atoms with Gasteiger partial charge in [0.2, 0.25) is 0 Å². The molecule has 1 aromatic heterocycles. The smallest absolute Gasteiger partial charge is 0.267 e. The zero-order chi connectivity index (χ0) is 15.0. The van der Waals surface area contributed by atoms with E-state index >= 15 is 0 Å². The van der Waals surface area contributed by atoms with Crippen LogP contribution in [0.3, 0.4) is 0 Å². The van der Waals surface area contributed by atoms with Crippen LogP contribution in [0.25, 0.3) is 0 Å². The molecule has 3 atom stereocenters. The van der Waals surface area contributed by atoms with Crippen LogP contribution in [0.4, 0.5) is 0 Å². The molecular weight excluding hydrogens is 266 g/mol. The first kappa shape index (κ1) is 14.5. The Morgan fingerprint density at radius 3 is 2.62 bits per heavy atom. The van der Waals surface area contributed by atoms with Crippen LogP contribution in [0.2, 0.25) is 0 Å². The lowest BCUT2D eigenvalue weighted by molar-refractivity contribution is -0.168. The van der Waals surface area contributed by atoms with Gasteiger partial charge in [0.1, 0.15) is 11.3 Å². The number of ether oxygens (including phenoxy) is 1. The molecule has 2 N–H and O–H groups in total. The number of rotatable bonds is 3. The fraction of sp³-hybridized carbons (Fsp3) is 0.625. The minimum absolute atomic E-state index is 0.320. The summed E-state index contributed by atoms with van der Waals surface area (Å²) in [7, 11) is 3.94. The van der Waals surface area contributed by atoms with E-state index in [1.165, 1.54) is 6.42 Å². The van der Waals surface area contributed by atoms with Crippen LogP contribution in [0.5, 0.6) is 0 Å². The second-order valence-electron chi connectivity index (χ2n) is 6.32. The van der Waals surface area contributed by atoms with Gasteiger partial charge < -0.3 is 15.4 Å². The van der Waals surface area contributed by atoms with Crippen LogP contribution >= 0.6 is 0 Å². The fourth-order valence-electron chi connectivity index (χ4n) is 4.30. The predicted molar refractivity (Wildman–Crippen MR) is 79.8 cm³/mol. The first-order valence-corrected chi connectivity index (χ1v) is 7.59. The van der Waals surface area contributed by atoms with Gasteiger partial charge in [-0.1, -0.05) is 12.5 Å². The molecule has 0 aromatic carbocycles. The molecule has 1 aliphatic carbocycles. The summed E-state index contributed by atoms with van der Waals surface area (Å²) >= 11 is 0. The molecule has 2 heterocycles. The monoisotopic (exact) mass is 289 g/mol. The molecule has 3 rings (SSSR count). The second kappa shape index (κ2) is 5.39. The number of fused-ring (bicyclic) bond motifs is 2. The lowest BCUT2D eigenvalue weighted by atomic mass is 9.63. The number of nitrogens with zero attached hydrogens (tertiary/aromatic N) is 2. The number of likely N-dealkylation sites (tertiary alicyclic amines) is 1. The maximum absolute atomic E-state index is 11.4.